The van der Waals surface area contributed by atoms with Crippen molar-refractivity contribution in [3.63, 3.8) is 0 Å². The maximum Gasteiger partial charge on any atom is 0.275 e. The number of nitrogens with one attached hydrogen (secondary N) is 1. The van der Waals surface area contributed by atoms with Crippen molar-refractivity contribution in [2.24, 2.45) is 0 Å². The molecule has 0 radical (unpaired) electrons. The highest BCUT2D eigenvalue weighted by Crippen LogP contribution is 2.28. The summed E-state index contributed by atoms with van der Waals surface area (Å²) in [5.74, 6) is -0.601. The van der Waals surface area contributed by atoms with Crippen LogP contribution in [0.25, 0.3) is 0 Å². The molecule has 1 atom stereocenters. The van der Waals surface area contributed by atoms with Crippen LogP contribution in [0.15, 0.2) is 12.1 Å². The lowest BCUT2D eigenvalue weighted by Crippen LogP contribution is -2.20. The molecule has 6 heteroatoms. The molecule has 1 fully saturated rings. The maximum absolute atomic E-state index is 13.6. The molecule has 1 heterocycles. The fourth-order valence-electron chi connectivity index (χ4n) is 1.84. The van der Waals surface area contributed by atoms with Gasteiger partial charge in [0.15, 0.2) is 11.6 Å². The number of nitro groups is 1. The molecule has 0 amide bonds. The Kier molecular flexibility index (Phi) is 3.23. The van der Waals surface area contributed by atoms with Crippen LogP contribution in [-0.2, 0) is 0 Å². The summed E-state index contributed by atoms with van der Waals surface area (Å²) < 4.78 is 19.1. The van der Waals surface area contributed by atoms with E-state index in [9.17, 15) is 14.5 Å². The van der Waals surface area contributed by atoms with Gasteiger partial charge in [-0.1, -0.05) is 0 Å². The first-order chi connectivity index (χ1) is 8.08. The molecule has 17 heavy (non-hydrogen) atoms. The lowest BCUT2D eigenvalue weighted by Gasteiger charge is -2.13. The van der Waals surface area contributed by atoms with Gasteiger partial charge >= 0.3 is 0 Å². The Balaban J connectivity index is 2.23. The maximum atomic E-state index is 13.6. The van der Waals surface area contributed by atoms with E-state index in [4.69, 9.17) is 4.74 Å². The minimum atomic E-state index is -0.686. The molecular formula is C11H13FN2O3. The van der Waals surface area contributed by atoms with Gasteiger partial charge in [0.1, 0.15) is 6.10 Å². The number of nitro benzene ring substituents is 1. The van der Waals surface area contributed by atoms with Crippen LogP contribution in [0.1, 0.15) is 12.0 Å². The first-order valence-electron chi connectivity index (χ1n) is 5.40. The largest absolute Gasteiger partial charge is 0.486 e. The Morgan fingerprint density at radius 2 is 2.35 bits per heavy atom. The number of aryl methyl sites for hydroxylation is 1. The minimum absolute atomic E-state index is 0.0645. The highest BCUT2D eigenvalue weighted by atomic mass is 19.1. The summed E-state index contributed by atoms with van der Waals surface area (Å²) >= 11 is 0. The molecular weight excluding hydrogens is 227 g/mol. The lowest BCUT2D eigenvalue weighted by atomic mass is 10.2. The number of rotatable bonds is 3. The molecule has 0 aromatic heterocycles. The molecule has 1 aromatic carbocycles. The summed E-state index contributed by atoms with van der Waals surface area (Å²) in [5, 5.41) is 13.7. The third-order valence-corrected chi connectivity index (χ3v) is 2.76. The van der Waals surface area contributed by atoms with Crippen LogP contribution < -0.4 is 10.1 Å². The van der Waals surface area contributed by atoms with Crippen molar-refractivity contribution in [1.29, 1.82) is 0 Å². The second kappa shape index (κ2) is 4.67. The monoisotopic (exact) mass is 240 g/mol. The topological polar surface area (TPSA) is 64.4 Å². The molecule has 1 aromatic rings. The molecule has 1 saturated heterocycles. The number of benzene rings is 1. The van der Waals surface area contributed by atoms with Gasteiger partial charge in [-0.25, -0.2) is 4.39 Å². The Morgan fingerprint density at radius 3 is 2.94 bits per heavy atom. The van der Waals surface area contributed by atoms with E-state index in [0.717, 1.165) is 19.0 Å². The van der Waals surface area contributed by atoms with Crippen LogP contribution in [0.4, 0.5) is 10.1 Å². The van der Waals surface area contributed by atoms with Gasteiger partial charge in [0, 0.05) is 12.1 Å². The first kappa shape index (κ1) is 11.8. The highest BCUT2D eigenvalue weighted by molar-refractivity contribution is 5.45. The zero-order valence-electron chi connectivity index (χ0n) is 9.40. The SMILES string of the molecule is Cc1cc(O[C@@H]2CCNC2)c(F)cc1[N+](=O)[O-]. The van der Waals surface area contributed by atoms with Crippen molar-refractivity contribution in [2.75, 3.05) is 13.1 Å². The predicted octanol–water partition coefficient (Wildman–Crippen LogP) is 1.78. The second-order valence-corrected chi connectivity index (χ2v) is 4.06. The average molecular weight is 240 g/mol. The van der Waals surface area contributed by atoms with Crippen molar-refractivity contribution < 1.29 is 14.1 Å². The lowest BCUT2D eigenvalue weighted by molar-refractivity contribution is -0.385. The fourth-order valence-corrected chi connectivity index (χ4v) is 1.84. The Hall–Kier alpha value is -1.69. The average Bonchev–Trinajstić information content (AvgIpc) is 2.75. The normalized spacial score (nSPS) is 19.3. The molecule has 92 valence electrons. The molecule has 1 aliphatic heterocycles. The van der Waals surface area contributed by atoms with Crippen LogP contribution in [-0.4, -0.2) is 24.1 Å². The summed E-state index contributed by atoms with van der Waals surface area (Å²) in [6.07, 6.45) is 0.750. The van der Waals surface area contributed by atoms with Crippen molar-refractivity contribution in [2.45, 2.75) is 19.4 Å². The predicted molar refractivity (Wildman–Crippen MR) is 59.7 cm³/mol. The number of ether oxygens (including phenoxy) is 1. The van der Waals surface area contributed by atoms with Crippen LogP contribution >= 0.6 is 0 Å². The van der Waals surface area contributed by atoms with Gasteiger partial charge < -0.3 is 10.1 Å². The molecule has 1 N–H and O–H groups in total. The van der Waals surface area contributed by atoms with Crippen molar-refractivity contribution in [1.82, 2.24) is 5.32 Å². The van der Waals surface area contributed by atoms with E-state index in [0.29, 0.717) is 12.1 Å². The Bertz CT molecular complexity index is 445. The second-order valence-electron chi connectivity index (χ2n) is 4.06. The quantitative estimate of drug-likeness (QED) is 0.646. The molecule has 0 saturated carbocycles. The number of hydrogen-bond donors (Lipinski definition) is 1. The van der Waals surface area contributed by atoms with Gasteiger partial charge in [-0.2, -0.15) is 0 Å². The van der Waals surface area contributed by atoms with E-state index < -0.39 is 10.7 Å². The molecule has 0 unspecified atom stereocenters. The van der Waals surface area contributed by atoms with Crippen molar-refractivity contribution in [3.05, 3.63) is 33.6 Å². The summed E-state index contributed by atoms with van der Waals surface area (Å²) in [6, 6.07) is 2.29. The summed E-state index contributed by atoms with van der Waals surface area (Å²) in [5.41, 5.74) is 0.178. The number of nitrogens with zero attached hydrogens (tertiary/aromatic N) is 1. The molecule has 0 bridgehead atoms. The van der Waals surface area contributed by atoms with E-state index in [1.54, 1.807) is 6.92 Å². The number of hydrogen-bond acceptors (Lipinski definition) is 4. The third-order valence-electron chi connectivity index (χ3n) is 2.76. The van der Waals surface area contributed by atoms with Crippen molar-refractivity contribution in [3.8, 4) is 5.75 Å². The third kappa shape index (κ3) is 2.52. The van der Waals surface area contributed by atoms with Gasteiger partial charge in [0.25, 0.3) is 5.69 Å². The summed E-state index contributed by atoms with van der Waals surface area (Å²) in [7, 11) is 0. The molecule has 1 aliphatic rings. The van der Waals surface area contributed by atoms with Crippen LogP contribution in [0.5, 0.6) is 5.75 Å². The zero-order chi connectivity index (χ0) is 12.4. The summed E-state index contributed by atoms with van der Waals surface area (Å²) in [4.78, 5) is 10.0. The molecule has 2 rings (SSSR count). The smallest absolute Gasteiger partial charge is 0.275 e. The molecule has 5 nitrogen and oxygen atoms in total. The van der Waals surface area contributed by atoms with Gasteiger partial charge in [0.2, 0.25) is 0 Å². The van der Waals surface area contributed by atoms with Gasteiger partial charge in [-0.05, 0) is 26.0 Å². The van der Waals surface area contributed by atoms with Gasteiger partial charge in [0.05, 0.1) is 11.0 Å². The van der Waals surface area contributed by atoms with E-state index in [1.807, 2.05) is 0 Å². The molecule has 0 aliphatic carbocycles. The van der Waals surface area contributed by atoms with Gasteiger partial charge in [-0.15, -0.1) is 0 Å². The fraction of sp³-hybridized carbons (Fsp3) is 0.455. The van der Waals surface area contributed by atoms with Crippen LogP contribution in [0.2, 0.25) is 0 Å². The zero-order valence-corrected chi connectivity index (χ0v) is 9.40. The Morgan fingerprint density at radius 1 is 1.59 bits per heavy atom. The van der Waals surface area contributed by atoms with E-state index in [-0.39, 0.29) is 17.5 Å². The van der Waals surface area contributed by atoms with Gasteiger partial charge in [-0.3, -0.25) is 10.1 Å². The number of halogens is 1. The van der Waals surface area contributed by atoms with Crippen LogP contribution in [0.3, 0.4) is 0 Å². The van der Waals surface area contributed by atoms with E-state index >= 15 is 0 Å². The van der Waals surface area contributed by atoms with Crippen LogP contribution in [0, 0.1) is 22.9 Å². The summed E-state index contributed by atoms with van der Waals surface area (Å²) in [6.45, 7) is 3.09. The first-order valence-corrected chi connectivity index (χ1v) is 5.40. The Labute approximate surface area is 97.7 Å². The van der Waals surface area contributed by atoms with Crippen molar-refractivity contribution >= 4 is 5.69 Å². The standard InChI is InChI=1S/C11H13FN2O3/c1-7-4-11(17-8-2-3-13-6-8)9(12)5-10(7)14(15)16/h4-5,8,13H,2-3,6H2,1H3/t8-/m1/s1. The molecule has 0 spiro atoms. The highest BCUT2D eigenvalue weighted by Gasteiger charge is 2.21. The van der Waals surface area contributed by atoms with E-state index in [1.165, 1.54) is 6.07 Å². The minimum Gasteiger partial charge on any atom is -0.486 e. The van der Waals surface area contributed by atoms with E-state index in [2.05, 4.69) is 5.32 Å².